The molecule has 2 saturated heterocycles. The fourth-order valence-electron chi connectivity index (χ4n) is 16.7. The number of aliphatic hydroxyl groups is 12. The highest BCUT2D eigenvalue weighted by Gasteiger charge is 2.64. The molecule has 6 fully saturated rings. The third kappa shape index (κ3) is 21.0. The minimum Gasteiger partial charge on any atom is -0.481 e. The van der Waals surface area contributed by atoms with Crippen LogP contribution in [0.5, 0.6) is 0 Å². The predicted molar refractivity (Wildman–Crippen MR) is 346 cm³/mol. The second kappa shape index (κ2) is 35.5. The normalized spacial score (nSPS) is 44.9. The summed E-state index contributed by atoms with van der Waals surface area (Å²) in [6.07, 6.45) is 12.7. The summed E-state index contributed by atoms with van der Waals surface area (Å²) in [7, 11) is 0. The first-order valence-electron chi connectivity index (χ1n) is 34.1. The summed E-state index contributed by atoms with van der Waals surface area (Å²) in [5.41, 5.74) is 6.23. The summed E-state index contributed by atoms with van der Waals surface area (Å²) >= 11 is 0. The number of carboxylic acid groups (broad SMARTS) is 2. The lowest BCUT2D eigenvalue weighted by Crippen LogP contribution is -2.61. The molecule has 29 unspecified atom stereocenters. The number of carbonyl (C=O) groups excluding carboxylic acids is 1. The van der Waals surface area contributed by atoms with Crippen molar-refractivity contribution in [2.75, 3.05) is 0 Å². The molecule has 0 spiro atoms. The summed E-state index contributed by atoms with van der Waals surface area (Å²) in [4.78, 5) is 36.1. The Balaban J connectivity index is 0.000000402. The summed E-state index contributed by atoms with van der Waals surface area (Å²) < 4.78 is 23.1. The van der Waals surface area contributed by atoms with Crippen molar-refractivity contribution in [2.45, 2.75) is 274 Å². The van der Waals surface area contributed by atoms with Crippen LogP contribution in [0.4, 0.5) is 0 Å². The van der Waals surface area contributed by atoms with Crippen LogP contribution in [-0.2, 0) is 33.3 Å². The quantitative estimate of drug-likeness (QED) is 0.146. The van der Waals surface area contributed by atoms with E-state index in [1.807, 2.05) is 19.1 Å². The van der Waals surface area contributed by atoms with Crippen LogP contribution in [0.3, 0.4) is 0 Å². The minimum atomic E-state index is -2.33. The molecule has 3 aliphatic heterocycles. The molecule has 29 atom stereocenters. The van der Waals surface area contributed by atoms with Crippen molar-refractivity contribution in [1.29, 1.82) is 0 Å². The van der Waals surface area contributed by atoms with Crippen LogP contribution in [0.2, 0.25) is 0 Å². The number of carbonyl (C=O) groups is 3. The maximum absolute atomic E-state index is 12.6. The van der Waals surface area contributed by atoms with Crippen molar-refractivity contribution in [3.05, 3.63) is 85.1 Å². The van der Waals surface area contributed by atoms with E-state index < -0.39 is 153 Å². The number of hydrogen-bond donors (Lipinski definition) is 15. The van der Waals surface area contributed by atoms with Crippen molar-refractivity contribution < 1.29 is 105 Å². The van der Waals surface area contributed by atoms with E-state index in [-0.39, 0.29) is 61.1 Å². The first-order chi connectivity index (χ1) is 43.8. The fourth-order valence-corrected chi connectivity index (χ4v) is 16.7. The number of aliphatic carboxylic acids is 2. The van der Waals surface area contributed by atoms with Crippen molar-refractivity contribution in [2.24, 2.45) is 69.8 Å². The number of cyclic esters (lactones) is 1. The molecule has 0 amide bonds. The average molecular weight is 1320 g/mol. The van der Waals surface area contributed by atoms with Crippen molar-refractivity contribution >= 4 is 17.9 Å². The van der Waals surface area contributed by atoms with Crippen LogP contribution >= 0.6 is 0 Å². The van der Waals surface area contributed by atoms with Gasteiger partial charge in [-0.2, -0.15) is 0 Å². The lowest BCUT2D eigenvalue weighted by atomic mass is 9.43. The highest BCUT2D eigenvalue weighted by molar-refractivity contribution is 5.72. The molecule has 0 aromatic carbocycles. The molecule has 528 valence electrons. The van der Waals surface area contributed by atoms with Gasteiger partial charge < -0.3 is 96.2 Å². The zero-order valence-electron chi connectivity index (χ0n) is 55.5. The molecule has 0 aromatic heterocycles. The number of ether oxygens (including phenoxy) is 4. The Morgan fingerprint density at radius 3 is 1.87 bits per heavy atom. The molecule has 2 bridgehead atoms. The lowest BCUT2D eigenvalue weighted by molar-refractivity contribution is -0.308. The maximum Gasteiger partial charge on any atom is 0.311 e. The highest BCUT2D eigenvalue weighted by Crippen LogP contribution is 2.68. The van der Waals surface area contributed by atoms with Crippen LogP contribution in [0.15, 0.2) is 85.1 Å². The predicted octanol–water partition coefficient (Wildman–Crippen LogP) is 5.19. The Labute approximate surface area is 549 Å². The molecule has 93 heavy (non-hydrogen) atoms. The molecule has 3 heterocycles. The third-order valence-electron chi connectivity index (χ3n) is 22.3. The molecule has 0 radical (unpaired) electrons. The number of rotatable bonds is 7. The van der Waals surface area contributed by atoms with Crippen LogP contribution in [0, 0.1) is 64.1 Å². The second-order valence-corrected chi connectivity index (χ2v) is 28.9. The summed E-state index contributed by atoms with van der Waals surface area (Å²) in [5, 5.41) is 149. The second-order valence-electron chi connectivity index (χ2n) is 28.9. The van der Waals surface area contributed by atoms with Gasteiger partial charge in [-0.25, -0.2) is 0 Å². The summed E-state index contributed by atoms with van der Waals surface area (Å²) in [6, 6.07) is -1.15. The van der Waals surface area contributed by atoms with Gasteiger partial charge in [-0.05, 0) is 137 Å². The summed E-state index contributed by atoms with van der Waals surface area (Å²) in [5.74, 6) is -4.28. The Bertz CT molecular complexity index is 2580. The molecule has 4 aliphatic carbocycles. The zero-order valence-corrected chi connectivity index (χ0v) is 55.5. The van der Waals surface area contributed by atoms with Crippen molar-refractivity contribution in [3.63, 3.8) is 0 Å². The standard InChI is InChI=1S/C47H73NO17.C24H40O4/c1-27-17-15-13-11-9-7-5-6-8-10-12-14-16-18-34(64-46-44(58)41(48)43(57)30(4)63-46)24-38-40(45(59)60)37(54)26-47(61,65-38)25-33(51)22-36(53)35(52)20-19-31(49)21-32(50)23-39(55)62-29(3)28(2)42(27)56;1-14(4-9-22(27)28)18-7-8-19-17-6-5-15-12-16(25)10-11-23(15,2)20(17)13-21(26)24(18,19)3/h5-18,27-38,40-44,46,49-54,56-58,61H,19-26,48H2,1-4H3,(H,59,60);14-21,25-26H,4-13H2,1-3H3,(H,27,28). The maximum atomic E-state index is 12.6. The Hall–Kier alpha value is -4.05. The monoisotopic (exact) mass is 1320 g/mol. The Kier molecular flexibility index (Phi) is 29.7. The molecule has 7 rings (SSSR count). The average Bonchev–Trinajstić information content (AvgIpc) is 1.68. The van der Waals surface area contributed by atoms with Gasteiger partial charge >= 0.3 is 17.9 Å². The van der Waals surface area contributed by atoms with Crippen molar-refractivity contribution in [3.8, 4) is 0 Å². The van der Waals surface area contributed by atoms with E-state index in [1.165, 1.54) is 32.3 Å². The van der Waals surface area contributed by atoms with Crippen molar-refractivity contribution in [1.82, 2.24) is 0 Å². The van der Waals surface area contributed by atoms with E-state index >= 15 is 0 Å². The van der Waals surface area contributed by atoms with E-state index in [2.05, 4.69) is 20.8 Å². The van der Waals surface area contributed by atoms with Gasteiger partial charge in [0, 0.05) is 43.9 Å². The molecule has 7 aliphatic rings. The van der Waals surface area contributed by atoms with Crippen LogP contribution in [-0.4, -0.2) is 199 Å². The van der Waals surface area contributed by atoms with E-state index in [1.54, 1.807) is 80.7 Å². The molecular formula is C71H113NO21. The van der Waals surface area contributed by atoms with Crippen LogP contribution in [0.25, 0.3) is 0 Å². The molecular weight excluding hydrogens is 1200 g/mol. The largest absolute Gasteiger partial charge is 0.481 e. The van der Waals surface area contributed by atoms with Gasteiger partial charge in [0.15, 0.2) is 12.1 Å². The number of hydrogen-bond acceptors (Lipinski definition) is 20. The first kappa shape index (κ1) is 78.0. The topological polar surface area (TPSA) is 397 Å². The molecule has 4 saturated carbocycles. The lowest BCUT2D eigenvalue weighted by Gasteiger charge is -2.62. The summed E-state index contributed by atoms with van der Waals surface area (Å²) in [6.45, 7) is 13.7. The van der Waals surface area contributed by atoms with Gasteiger partial charge in [-0.15, -0.1) is 0 Å². The Morgan fingerprint density at radius 2 is 1.25 bits per heavy atom. The smallest absolute Gasteiger partial charge is 0.311 e. The van der Waals surface area contributed by atoms with Gasteiger partial charge in [0.05, 0.1) is 91.8 Å². The number of esters is 1. The number of nitrogens with two attached hydrogens (primary N) is 1. The van der Waals surface area contributed by atoms with Gasteiger partial charge in [-0.3, -0.25) is 14.4 Å². The van der Waals surface area contributed by atoms with Crippen LogP contribution < -0.4 is 5.73 Å². The SMILES string of the molecule is CC(CCC(=O)O)C1CCC2C3CCC4CC(O)CCC4(C)C3CC(O)C12C.CC1C=CC=CC=CC=CC=CC=CC=CC(OC2OC(C)C(O)C(N)C2O)CC2OC(O)(CC(O)CC(O)C(O)CCC(O)CC(O)CC(=O)OC(C)C(C)C1O)CC(O)C2C(=O)O. The molecule has 0 aromatic rings. The van der Waals surface area contributed by atoms with Gasteiger partial charge in [0.25, 0.3) is 0 Å². The number of carboxylic acids is 2. The molecule has 16 N–H and O–H groups in total. The van der Waals surface area contributed by atoms with E-state index in [0.717, 1.165) is 38.5 Å². The van der Waals surface area contributed by atoms with Gasteiger partial charge in [0.1, 0.15) is 18.1 Å². The van der Waals surface area contributed by atoms with E-state index in [4.69, 9.17) is 29.8 Å². The number of allylic oxidation sites excluding steroid dienone is 12. The minimum absolute atomic E-state index is 0.0591. The van der Waals surface area contributed by atoms with Crippen LogP contribution in [0.1, 0.15) is 164 Å². The molecule has 22 nitrogen and oxygen atoms in total. The fraction of sp³-hybridized carbons (Fsp3) is 0.761. The zero-order chi connectivity index (χ0) is 68.7. The molecule has 22 heteroatoms. The first-order valence-corrected chi connectivity index (χ1v) is 34.1. The number of fused-ring (bicyclic) bond motifs is 7. The van der Waals surface area contributed by atoms with E-state index in [9.17, 15) is 80.8 Å². The number of aliphatic hydroxyl groups excluding tert-OH is 11. The third-order valence-corrected chi connectivity index (χ3v) is 22.3. The Morgan fingerprint density at radius 1 is 0.634 bits per heavy atom. The van der Waals surface area contributed by atoms with Gasteiger partial charge in [-0.1, -0.05) is 120 Å². The highest BCUT2D eigenvalue weighted by atomic mass is 16.7. The van der Waals surface area contributed by atoms with E-state index in [0.29, 0.717) is 35.5 Å². The van der Waals surface area contributed by atoms with Gasteiger partial charge in [0.2, 0.25) is 0 Å².